The van der Waals surface area contributed by atoms with Crippen LogP contribution in [-0.4, -0.2) is 24.3 Å². The van der Waals surface area contributed by atoms with Gasteiger partial charge in [-0.3, -0.25) is 0 Å². The van der Waals surface area contributed by atoms with Crippen LogP contribution in [0.2, 0.25) is 0 Å². The van der Waals surface area contributed by atoms with Gasteiger partial charge in [-0.25, -0.2) is 4.98 Å². The lowest BCUT2D eigenvalue weighted by Crippen LogP contribution is -2.12. The van der Waals surface area contributed by atoms with Crippen LogP contribution in [0.15, 0.2) is 18.2 Å². The zero-order valence-corrected chi connectivity index (χ0v) is 10.3. The molecule has 0 bridgehead atoms. The van der Waals surface area contributed by atoms with E-state index in [0.29, 0.717) is 11.5 Å². The van der Waals surface area contributed by atoms with Gasteiger partial charge in [0.15, 0.2) is 0 Å². The molecule has 0 fully saturated rings. The first-order chi connectivity index (χ1) is 8.51. The Bertz CT molecular complexity index is 355. The largest absolute Gasteiger partial charge is 0.391 e. The molecule has 1 N–H and O–H groups in total. The van der Waals surface area contributed by atoms with Crippen molar-refractivity contribution in [2.45, 2.75) is 32.5 Å². The normalized spacial score (nSPS) is 11.6. The van der Waals surface area contributed by atoms with Crippen molar-refractivity contribution >= 4 is 5.82 Å². The quantitative estimate of drug-likeness (QED) is 0.765. The molecule has 0 saturated carbocycles. The summed E-state index contributed by atoms with van der Waals surface area (Å²) in [5.41, 5.74) is 0.623. The van der Waals surface area contributed by atoms with E-state index in [-0.39, 0.29) is 13.2 Å². The predicted molar refractivity (Wildman–Crippen MR) is 63.3 cm³/mol. The standard InChI is InChI=1S/C12H17F3N2O/c1-2-7-16-11-5-3-4-10(17-11)9-18-8-6-12(13,14)15/h3-5H,2,6-9H2,1H3,(H,16,17). The van der Waals surface area contributed by atoms with E-state index < -0.39 is 12.6 Å². The van der Waals surface area contributed by atoms with E-state index in [1.807, 2.05) is 13.0 Å². The molecule has 18 heavy (non-hydrogen) atoms. The number of pyridine rings is 1. The highest BCUT2D eigenvalue weighted by atomic mass is 19.4. The molecule has 1 aromatic heterocycles. The molecular formula is C12H17F3N2O. The van der Waals surface area contributed by atoms with Crippen molar-refractivity contribution in [1.29, 1.82) is 0 Å². The number of rotatable bonds is 7. The highest BCUT2D eigenvalue weighted by molar-refractivity contribution is 5.34. The van der Waals surface area contributed by atoms with E-state index in [2.05, 4.69) is 10.3 Å². The number of aromatic nitrogens is 1. The third-order valence-electron chi connectivity index (χ3n) is 2.14. The first kappa shape index (κ1) is 14.8. The molecule has 0 spiro atoms. The Hall–Kier alpha value is -1.30. The zero-order valence-electron chi connectivity index (χ0n) is 10.3. The Labute approximate surface area is 104 Å². The fourth-order valence-electron chi connectivity index (χ4n) is 1.28. The Morgan fingerprint density at radius 1 is 1.33 bits per heavy atom. The smallest absolute Gasteiger partial charge is 0.375 e. The summed E-state index contributed by atoms with van der Waals surface area (Å²) in [6.45, 7) is 2.61. The van der Waals surface area contributed by atoms with Crippen LogP contribution in [-0.2, 0) is 11.3 Å². The van der Waals surface area contributed by atoms with Gasteiger partial charge in [-0.15, -0.1) is 0 Å². The minimum absolute atomic E-state index is 0.0950. The van der Waals surface area contributed by atoms with Crippen LogP contribution < -0.4 is 5.32 Å². The van der Waals surface area contributed by atoms with E-state index in [1.54, 1.807) is 12.1 Å². The van der Waals surface area contributed by atoms with Gasteiger partial charge in [0.2, 0.25) is 0 Å². The molecule has 0 radical (unpaired) electrons. The van der Waals surface area contributed by atoms with Gasteiger partial charge >= 0.3 is 6.18 Å². The van der Waals surface area contributed by atoms with Crippen molar-refractivity contribution in [1.82, 2.24) is 4.98 Å². The molecule has 0 aliphatic carbocycles. The van der Waals surface area contributed by atoms with E-state index in [0.717, 1.165) is 13.0 Å². The zero-order chi connectivity index (χ0) is 13.4. The first-order valence-electron chi connectivity index (χ1n) is 5.85. The monoisotopic (exact) mass is 262 g/mol. The maximum Gasteiger partial charge on any atom is 0.391 e. The lowest BCUT2D eigenvalue weighted by atomic mass is 10.3. The molecule has 0 saturated heterocycles. The molecule has 0 atom stereocenters. The maximum atomic E-state index is 11.9. The van der Waals surface area contributed by atoms with Crippen molar-refractivity contribution < 1.29 is 17.9 Å². The van der Waals surface area contributed by atoms with Gasteiger partial charge in [-0.1, -0.05) is 13.0 Å². The van der Waals surface area contributed by atoms with Gasteiger partial charge < -0.3 is 10.1 Å². The van der Waals surface area contributed by atoms with Crippen LogP contribution >= 0.6 is 0 Å². The van der Waals surface area contributed by atoms with E-state index in [9.17, 15) is 13.2 Å². The van der Waals surface area contributed by atoms with Gasteiger partial charge in [0.1, 0.15) is 5.82 Å². The second kappa shape index (κ2) is 7.20. The summed E-state index contributed by atoms with van der Waals surface area (Å²) in [6, 6.07) is 5.34. The van der Waals surface area contributed by atoms with Crippen molar-refractivity contribution in [3.63, 3.8) is 0 Å². The molecule has 0 aromatic carbocycles. The van der Waals surface area contributed by atoms with Crippen LogP contribution in [0, 0.1) is 0 Å². The summed E-state index contributed by atoms with van der Waals surface area (Å²) < 4.78 is 40.6. The molecule has 102 valence electrons. The summed E-state index contributed by atoms with van der Waals surface area (Å²) >= 11 is 0. The predicted octanol–water partition coefficient (Wildman–Crippen LogP) is 3.37. The SMILES string of the molecule is CCCNc1cccc(COCCC(F)(F)F)n1. The van der Waals surface area contributed by atoms with E-state index in [1.165, 1.54) is 0 Å². The van der Waals surface area contributed by atoms with Gasteiger partial charge in [-0.05, 0) is 18.6 Å². The molecule has 3 nitrogen and oxygen atoms in total. The molecule has 0 aliphatic heterocycles. The summed E-state index contributed by atoms with van der Waals surface area (Å²) in [5, 5.41) is 3.10. The molecule has 1 heterocycles. The van der Waals surface area contributed by atoms with Crippen molar-refractivity contribution in [2.24, 2.45) is 0 Å². The number of nitrogens with zero attached hydrogens (tertiary/aromatic N) is 1. The highest BCUT2D eigenvalue weighted by Gasteiger charge is 2.26. The van der Waals surface area contributed by atoms with E-state index in [4.69, 9.17) is 4.74 Å². The number of hydrogen-bond acceptors (Lipinski definition) is 3. The van der Waals surface area contributed by atoms with E-state index >= 15 is 0 Å². The van der Waals surface area contributed by atoms with Gasteiger partial charge in [0.25, 0.3) is 0 Å². The average molecular weight is 262 g/mol. The molecule has 6 heteroatoms. The minimum atomic E-state index is -4.17. The van der Waals surface area contributed by atoms with Crippen molar-refractivity contribution in [3.8, 4) is 0 Å². The summed E-state index contributed by atoms with van der Waals surface area (Å²) in [7, 11) is 0. The summed E-state index contributed by atoms with van der Waals surface area (Å²) in [4.78, 5) is 4.23. The highest BCUT2D eigenvalue weighted by Crippen LogP contribution is 2.19. The minimum Gasteiger partial charge on any atom is -0.375 e. The number of anilines is 1. The molecule has 0 amide bonds. The number of hydrogen-bond donors (Lipinski definition) is 1. The Morgan fingerprint density at radius 3 is 2.78 bits per heavy atom. The molecule has 1 rings (SSSR count). The van der Waals surface area contributed by atoms with Crippen LogP contribution in [0.1, 0.15) is 25.5 Å². The lowest BCUT2D eigenvalue weighted by molar-refractivity contribution is -0.146. The number of alkyl halides is 3. The van der Waals surface area contributed by atoms with Crippen LogP contribution in [0.5, 0.6) is 0 Å². The lowest BCUT2D eigenvalue weighted by Gasteiger charge is -2.08. The molecule has 0 aliphatic rings. The van der Waals surface area contributed by atoms with Gasteiger partial charge in [0, 0.05) is 6.54 Å². The second-order valence-electron chi connectivity index (χ2n) is 3.86. The molecule has 0 unspecified atom stereocenters. The third-order valence-corrected chi connectivity index (χ3v) is 2.14. The van der Waals surface area contributed by atoms with Crippen molar-refractivity contribution in [2.75, 3.05) is 18.5 Å². The Kier molecular flexibility index (Phi) is 5.91. The number of ether oxygens (including phenoxy) is 1. The van der Waals surface area contributed by atoms with Gasteiger partial charge in [0.05, 0.1) is 25.3 Å². The van der Waals surface area contributed by atoms with Crippen molar-refractivity contribution in [3.05, 3.63) is 23.9 Å². The molecule has 1 aromatic rings. The number of halogens is 3. The van der Waals surface area contributed by atoms with Crippen LogP contribution in [0.25, 0.3) is 0 Å². The van der Waals surface area contributed by atoms with Crippen LogP contribution in [0.4, 0.5) is 19.0 Å². The fraction of sp³-hybridized carbons (Fsp3) is 0.583. The Balaban J connectivity index is 2.33. The molecular weight excluding hydrogens is 245 g/mol. The first-order valence-corrected chi connectivity index (χ1v) is 5.85. The summed E-state index contributed by atoms with van der Waals surface area (Å²) in [5.74, 6) is 0.716. The maximum absolute atomic E-state index is 11.9. The third kappa shape index (κ3) is 6.44. The number of nitrogens with one attached hydrogen (secondary N) is 1. The van der Waals surface area contributed by atoms with Crippen LogP contribution in [0.3, 0.4) is 0 Å². The average Bonchev–Trinajstić information content (AvgIpc) is 2.31. The second-order valence-corrected chi connectivity index (χ2v) is 3.86. The van der Waals surface area contributed by atoms with Gasteiger partial charge in [-0.2, -0.15) is 13.2 Å². The summed E-state index contributed by atoms with van der Waals surface area (Å²) in [6.07, 6.45) is -4.12. The Morgan fingerprint density at radius 2 is 2.11 bits per heavy atom. The fourth-order valence-corrected chi connectivity index (χ4v) is 1.28. The topological polar surface area (TPSA) is 34.1 Å².